The molecule has 1 rings (SSSR count). The van der Waals surface area contributed by atoms with Crippen LogP contribution in [0.4, 0.5) is 5.69 Å². The summed E-state index contributed by atoms with van der Waals surface area (Å²) in [6.45, 7) is 1.93. The van der Waals surface area contributed by atoms with Crippen molar-refractivity contribution in [2.24, 2.45) is 0 Å². The Morgan fingerprint density at radius 2 is 2.06 bits per heavy atom. The molecule has 88 valence electrons. The van der Waals surface area contributed by atoms with E-state index in [-0.39, 0.29) is 17.1 Å². The van der Waals surface area contributed by atoms with Gasteiger partial charge in [0.15, 0.2) is 0 Å². The molecule has 0 unspecified atom stereocenters. The first-order valence-electron chi connectivity index (χ1n) is 4.26. The molecule has 0 aliphatic rings. The number of hydrogen-bond acceptors (Lipinski definition) is 5. The van der Waals surface area contributed by atoms with Gasteiger partial charge >= 0.3 is 5.97 Å². The Balaban J connectivity index is 0.000000673. The second kappa shape index (κ2) is 6.81. The molecule has 0 bridgehead atoms. The van der Waals surface area contributed by atoms with Gasteiger partial charge in [-0.25, -0.2) is 4.79 Å². The number of carbonyl (C=O) groups is 1. The largest absolute Gasteiger partial charge is 0.477 e. The number of rotatable bonds is 2. The highest BCUT2D eigenvalue weighted by molar-refractivity contribution is 7.80. The van der Waals surface area contributed by atoms with E-state index < -0.39 is 16.6 Å². The number of para-hydroxylation sites is 1. The minimum Gasteiger partial charge on any atom is -0.477 e. The molecule has 0 spiro atoms. The molecule has 0 atom stereocenters. The fourth-order valence-electron chi connectivity index (χ4n) is 0.896. The SMILES string of the molecule is CCO.O=C(O)c1cccc(S)c1[N+](=O)[O-]. The summed E-state index contributed by atoms with van der Waals surface area (Å²) in [4.78, 5) is 20.3. The summed E-state index contributed by atoms with van der Waals surface area (Å²) < 4.78 is 0. The smallest absolute Gasteiger partial charge is 0.342 e. The lowest BCUT2D eigenvalue weighted by Crippen LogP contribution is -2.02. The fourth-order valence-corrected chi connectivity index (χ4v) is 1.18. The molecule has 1 aromatic rings. The quantitative estimate of drug-likeness (QED) is 0.417. The molecule has 0 heterocycles. The second-order valence-electron chi connectivity index (χ2n) is 2.55. The number of carboxylic acid groups (broad SMARTS) is 1. The molecule has 0 aliphatic heterocycles. The van der Waals surface area contributed by atoms with Gasteiger partial charge in [0.25, 0.3) is 5.69 Å². The topological polar surface area (TPSA) is 101 Å². The summed E-state index contributed by atoms with van der Waals surface area (Å²) in [6.07, 6.45) is 0. The third-order valence-electron chi connectivity index (χ3n) is 1.43. The lowest BCUT2D eigenvalue weighted by molar-refractivity contribution is -0.388. The van der Waals surface area contributed by atoms with E-state index in [9.17, 15) is 14.9 Å². The Morgan fingerprint density at radius 1 is 1.56 bits per heavy atom. The van der Waals surface area contributed by atoms with Crippen molar-refractivity contribution in [3.05, 3.63) is 33.9 Å². The van der Waals surface area contributed by atoms with Crippen LogP contribution >= 0.6 is 12.6 Å². The van der Waals surface area contributed by atoms with E-state index in [2.05, 4.69) is 12.6 Å². The van der Waals surface area contributed by atoms with Gasteiger partial charge in [0, 0.05) is 6.61 Å². The highest BCUT2D eigenvalue weighted by Gasteiger charge is 2.21. The summed E-state index contributed by atoms with van der Waals surface area (Å²) in [5.41, 5.74) is -0.823. The molecule has 0 saturated carbocycles. The third-order valence-corrected chi connectivity index (χ3v) is 1.79. The van der Waals surface area contributed by atoms with Crippen molar-refractivity contribution in [1.29, 1.82) is 0 Å². The third kappa shape index (κ3) is 3.87. The van der Waals surface area contributed by atoms with Gasteiger partial charge in [-0.15, -0.1) is 12.6 Å². The average Bonchev–Trinajstić information content (AvgIpc) is 2.17. The van der Waals surface area contributed by atoms with Crippen LogP contribution in [0.2, 0.25) is 0 Å². The van der Waals surface area contributed by atoms with Gasteiger partial charge in [-0.3, -0.25) is 10.1 Å². The number of benzene rings is 1. The number of nitrogens with zero attached hydrogens (tertiary/aromatic N) is 1. The first kappa shape index (κ1) is 14.4. The standard InChI is InChI=1S/C7H5NO4S.C2H6O/c9-7(10)4-2-1-3-5(13)6(4)8(11)12;1-2-3/h1-3,13H,(H,9,10);3H,2H2,1H3. The summed E-state index contributed by atoms with van der Waals surface area (Å²) in [5, 5.41) is 26.6. The number of thiol groups is 1. The van der Waals surface area contributed by atoms with Crippen LogP contribution in [0.3, 0.4) is 0 Å². The van der Waals surface area contributed by atoms with Crippen LogP contribution in [0.1, 0.15) is 17.3 Å². The number of aliphatic hydroxyl groups is 1. The Bertz CT molecular complexity index is 393. The summed E-state index contributed by atoms with van der Waals surface area (Å²) >= 11 is 3.80. The van der Waals surface area contributed by atoms with Crippen LogP contribution in [0.15, 0.2) is 23.1 Å². The molecule has 0 radical (unpaired) electrons. The minimum atomic E-state index is -1.33. The number of nitro benzene ring substituents is 1. The Hall–Kier alpha value is -1.60. The van der Waals surface area contributed by atoms with Gasteiger partial charge in [0.1, 0.15) is 5.56 Å². The lowest BCUT2D eigenvalue weighted by atomic mass is 10.2. The van der Waals surface area contributed by atoms with E-state index in [0.29, 0.717) is 0 Å². The minimum absolute atomic E-state index is 0.0462. The van der Waals surface area contributed by atoms with Gasteiger partial charge in [-0.2, -0.15) is 0 Å². The molecule has 0 aromatic heterocycles. The highest BCUT2D eigenvalue weighted by Crippen LogP contribution is 2.26. The number of aromatic carboxylic acids is 1. The Morgan fingerprint density at radius 3 is 2.38 bits per heavy atom. The van der Waals surface area contributed by atoms with Gasteiger partial charge < -0.3 is 10.2 Å². The molecular weight excluding hydrogens is 234 g/mol. The fraction of sp³-hybridized carbons (Fsp3) is 0.222. The zero-order valence-corrected chi connectivity index (χ0v) is 9.35. The van der Waals surface area contributed by atoms with E-state index in [0.717, 1.165) is 0 Å². The van der Waals surface area contributed by atoms with Crippen LogP contribution in [0.25, 0.3) is 0 Å². The maximum atomic E-state index is 10.5. The number of nitro groups is 1. The molecule has 0 saturated heterocycles. The maximum absolute atomic E-state index is 10.5. The number of carboxylic acids is 1. The summed E-state index contributed by atoms with van der Waals surface area (Å²) in [5.74, 6) is -1.33. The van der Waals surface area contributed by atoms with E-state index in [1.54, 1.807) is 6.92 Å². The van der Waals surface area contributed by atoms with E-state index in [4.69, 9.17) is 10.2 Å². The van der Waals surface area contributed by atoms with Crippen LogP contribution in [-0.4, -0.2) is 27.7 Å². The van der Waals surface area contributed by atoms with Gasteiger partial charge in [0.05, 0.1) is 9.82 Å². The lowest BCUT2D eigenvalue weighted by Gasteiger charge is -1.98. The molecular formula is C9H11NO5S. The monoisotopic (exact) mass is 245 g/mol. The molecule has 6 nitrogen and oxygen atoms in total. The number of aliphatic hydroxyl groups excluding tert-OH is 1. The van der Waals surface area contributed by atoms with Crippen molar-refractivity contribution in [3.63, 3.8) is 0 Å². The Labute approximate surface area is 97.1 Å². The van der Waals surface area contributed by atoms with E-state index in [1.807, 2.05) is 0 Å². The maximum Gasteiger partial charge on any atom is 0.342 e. The average molecular weight is 245 g/mol. The first-order chi connectivity index (χ1) is 7.45. The van der Waals surface area contributed by atoms with Gasteiger partial charge in [0.2, 0.25) is 0 Å². The van der Waals surface area contributed by atoms with Crippen molar-refractivity contribution >= 4 is 24.3 Å². The normalized spacial score (nSPS) is 8.94. The van der Waals surface area contributed by atoms with Gasteiger partial charge in [-0.05, 0) is 19.1 Å². The number of hydrogen-bond donors (Lipinski definition) is 3. The van der Waals surface area contributed by atoms with Crippen LogP contribution in [0.5, 0.6) is 0 Å². The van der Waals surface area contributed by atoms with Crippen LogP contribution in [-0.2, 0) is 0 Å². The molecule has 0 aliphatic carbocycles. The predicted octanol–water partition coefficient (Wildman–Crippen LogP) is 1.58. The second-order valence-corrected chi connectivity index (χ2v) is 3.03. The molecule has 2 N–H and O–H groups in total. The molecule has 16 heavy (non-hydrogen) atoms. The molecule has 1 aromatic carbocycles. The summed E-state index contributed by atoms with van der Waals surface area (Å²) in [7, 11) is 0. The zero-order chi connectivity index (χ0) is 12.7. The highest BCUT2D eigenvalue weighted by atomic mass is 32.1. The van der Waals surface area contributed by atoms with E-state index >= 15 is 0 Å². The van der Waals surface area contributed by atoms with Crippen molar-refractivity contribution in [2.75, 3.05) is 6.61 Å². The molecule has 0 amide bonds. The predicted molar refractivity (Wildman–Crippen MR) is 60.1 cm³/mol. The molecule has 0 fully saturated rings. The van der Waals surface area contributed by atoms with Gasteiger partial charge in [-0.1, -0.05) is 6.07 Å². The van der Waals surface area contributed by atoms with Crippen LogP contribution in [0, 0.1) is 10.1 Å². The van der Waals surface area contributed by atoms with E-state index in [1.165, 1.54) is 18.2 Å². The van der Waals surface area contributed by atoms with Crippen molar-refractivity contribution in [3.8, 4) is 0 Å². The van der Waals surface area contributed by atoms with Crippen LogP contribution < -0.4 is 0 Å². The van der Waals surface area contributed by atoms with Crippen molar-refractivity contribution < 1.29 is 19.9 Å². The zero-order valence-electron chi connectivity index (χ0n) is 8.45. The first-order valence-corrected chi connectivity index (χ1v) is 4.70. The summed E-state index contributed by atoms with van der Waals surface area (Å²) in [6, 6.07) is 3.94. The molecule has 7 heteroatoms. The van der Waals surface area contributed by atoms with Crippen molar-refractivity contribution in [1.82, 2.24) is 0 Å². The van der Waals surface area contributed by atoms with Crippen molar-refractivity contribution in [2.45, 2.75) is 11.8 Å². The Kier molecular flexibility index (Phi) is 6.12.